The van der Waals surface area contributed by atoms with E-state index in [0.29, 0.717) is 0 Å². The molecular weight excluding hydrogens is 304 g/mol. The van der Waals surface area contributed by atoms with Crippen LogP contribution in [0, 0.1) is 0 Å². The molecule has 1 saturated heterocycles. The molecule has 1 aromatic rings. The number of ether oxygens (including phenoxy) is 1. The summed E-state index contributed by atoms with van der Waals surface area (Å²) in [5.74, 6) is 1.07. The van der Waals surface area contributed by atoms with E-state index in [4.69, 9.17) is 4.74 Å². The van der Waals surface area contributed by atoms with Crippen LogP contribution in [0.25, 0.3) is 0 Å². The SMILES string of the molecule is CCc1cc(Br)cc(CCN2CCNCC2)c1OC. The molecule has 0 spiro atoms. The molecule has 1 aromatic carbocycles. The highest BCUT2D eigenvalue weighted by molar-refractivity contribution is 9.10. The second kappa shape index (κ2) is 7.27. The maximum Gasteiger partial charge on any atom is 0.125 e. The van der Waals surface area contributed by atoms with Crippen LogP contribution in [0.1, 0.15) is 18.1 Å². The van der Waals surface area contributed by atoms with Crippen molar-refractivity contribution < 1.29 is 4.74 Å². The van der Waals surface area contributed by atoms with E-state index >= 15 is 0 Å². The highest BCUT2D eigenvalue weighted by atomic mass is 79.9. The van der Waals surface area contributed by atoms with Gasteiger partial charge in [-0.3, -0.25) is 0 Å². The fourth-order valence-corrected chi connectivity index (χ4v) is 3.19. The number of hydrogen-bond donors (Lipinski definition) is 1. The van der Waals surface area contributed by atoms with Gasteiger partial charge < -0.3 is 15.0 Å². The smallest absolute Gasteiger partial charge is 0.125 e. The van der Waals surface area contributed by atoms with E-state index in [1.54, 1.807) is 7.11 Å². The lowest BCUT2D eigenvalue weighted by Gasteiger charge is -2.27. The van der Waals surface area contributed by atoms with Crippen LogP contribution in [0.3, 0.4) is 0 Å². The van der Waals surface area contributed by atoms with Crippen molar-refractivity contribution in [2.24, 2.45) is 0 Å². The lowest BCUT2D eigenvalue weighted by atomic mass is 10.0. The molecule has 0 saturated carbocycles. The molecule has 1 aliphatic heterocycles. The summed E-state index contributed by atoms with van der Waals surface area (Å²) in [6, 6.07) is 4.35. The Labute approximate surface area is 124 Å². The van der Waals surface area contributed by atoms with Crippen molar-refractivity contribution in [1.29, 1.82) is 0 Å². The molecule has 0 unspecified atom stereocenters. The number of nitrogens with one attached hydrogen (secondary N) is 1. The standard InChI is InChI=1S/C15H23BrN2O/c1-3-12-10-14(16)11-13(15(12)19-2)4-7-18-8-5-17-6-9-18/h10-11,17H,3-9H2,1-2H3. The van der Waals surface area contributed by atoms with Crippen LogP contribution in [0.15, 0.2) is 16.6 Å². The largest absolute Gasteiger partial charge is 0.496 e. The zero-order valence-electron chi connectivity index (χ0n) is 11.8. The van der Waals surface area contributed by atoms with Crippen molar-refractivity contribution >= 4 is 15.9 Å². The summed E-state index contributed by atoms with van der Waals surface area (Å²) in [5, 5.41) is 3.39. The molecule has 1 heterocycles. The normalized spacial score (nSPS) is 16.6. The van der Waals surface area contributed by atoms with Crippen LogP contribution in [0.2, 0.25) is 0 Å². The molecule has 0 aliphatic carbocycles. The quantitative estimate of drug-likeness (QED) is 0.899. The van der Waals surface area contributed by atoms with Crippen LogP contribution in [-0.4, -0.2) is 44.7 Å². The fourth-order valence-electron chi connectivity index (χ4n) is 2.64. The third-order valence-corrected chi connectivity index (χ3v) is 4.16. The maximum absolute atomic E-state index is 5.61. The summed E-state index contributed by atoms with van der Waals surface area (Å²) < 4.78 is 6.76. The van der Waals surface area contributed by atoms with E-state index in [2.05, 4.69) is 45.2 Å². The molecule has 0 bridgehead atoms. The molecule has 106 valence electrons. The molecule has 1 aliphatic rings. The van der Waals surface area contributed by atoms with Gasteiger partial charge in [-0.15, -0.1) is 0 Å². The summed E-state index contributed by atoms with van der Waals surface area (Å²) in [6.45, 7) is 7.79. The Morgan fingerprint density at radius 1 is 1.26 bits per heavy atom. The van der Waals surface area contributed by atoms with Crippen molar-refractivity contribution in [3.63, 3.8) is 0 Å². The molecule has 19 heavy (non-hydrogen) atoms. The molecule has 1 N–H and O–H groups in total. The topological polar surface area (TPSA) is 24.5 Å². The predicted molar refractivity (Wildman–Crippen MR) is 83.1 cm³/mol. The number of aryl methyl sites for hydroxylation is 1. The molecule has 3 nitrogen and oxygen atoms in total. The highest BCUT2D eigenvalue weighted by Gasteiger charge is 2.13. The number of piperazine rings is 1. The Morgan fingerprint density at radius 2 is 1.95 bits per heavy atom. The van der Waals surface area contributed by atoms with Gasteiger partial charge in [0, 0.05) is 37.2 Å². The average molecular weight is 327 g/mol. The fraction of sp³-hybridized carbons (Fsp3) is 0.600. The number of methoxy groups -OCH3 is 1. The average Bonchev–Trinajstić information content (AvgIpc) is 2.45. The van der Waals surface area contributed by atoms with Crippen LogP contribution in [0.5, 0.6) is 5.75 Å². The Morgan fingerprint density at radius 3 is 2.58 bits per heavy atom. The van der Waals surface area contributed by atoms with E-state index in [9.17, 15) is 0 Å². The summed E-state index contributed by atoms with van der Waals surface area (Å²) in [6.07, 6.45) is 2.05. The van der Waals surface area contributed by atoms with Gasteiger partial charge in [-0.05, 0) is 36.1 Å². The van der Waals surface area contributed by atoms with Crippen LogP contribution >= 0.6 is 15.9 Å². The second-order valence-corrected chi connectivity index (χ2v) is 5.87. The summed E-state index contributed by atoms with van der Waals surface area (Å²) in [7, 11) is 1.77. The summed E-state index contributed by atoms with van der Waals surface area (Å²) >= 11 is 3.60. The van der Waals surface area contributed by atoms with E-state index in [1.165, 1.54) is 11.1 Å². The van der Waals surface area contributed by atoms with Gasteiger partial charge in [0.15, 0.2) is 0 Å². The molecule has 2 rings (SSSR count). The van der Waals surface area contributed by atoms with Crippen molar-refractivity contribution in [1.82, 2.24) is 10.2 Å². The van der Waals surface area contributed by atoms with Crippen LogP contribution in [0.4, 0.5) is 0 Å². The number of hydrogen-bond acceptors (Lipinski definition) is 3. The first kappa shape index (κ1) is 14.8. The minimum absolute atomic E-state index is 1.00. The number of nitrogens with zero attached hydrogens (tertiary/aromatic N) is 1. The zero-order chi connectivity index (χ0) is 13.7. The van der Waals surface area contributed by atoms with Gasteiger partial charge >= 0.3 is 0 Å². The number of halogens is 1. The molecular formula is C15H23BrN2O. The minimum Gasteiger partial charge on any atom is -0.496 e. The molecule has 0 radical (unpaired) electrons. The zero-order valence-corrected chi connectivity index (χ0v) is 13.4. The summed E-state index contributed by atoms with van der Waals surface area (Å²) in [5.41, 5.74) is 2.60. The van der Waals surface area contributed by atoms with E-state index in [-0.39, 0.29) is 0 Å². The van der Waals surface area contributed by atoms with Crippen LogP contribution < -0.4 is 10.1 Å². The minimum atomic E-state index is 1.00. The first-order valence-electron chi connectivity index (χ1n) is 7.03. The molecule has 0 aromatic heterocycles. The molecule has 0 atom stereocenters. The van der Waals surface area contributed by atoms with Gasteiger partial charge in [-0.1, -0.05) is 22.9 Å². The summed E-state index contributed by atoms with van der Waals surface area (Å²) in [4.78, 5) is 2.52. The Kier molecular flexibility index (Phi) is 5.67. The first-order valence-corrected chi connectivity index (χ1v) is 7.82. The Balaban J connectivity index is 2.07. The van der Waals surface area contributed by atoms with Gasteiger partial charge in [0.05, 0.1) is 7.11 Å². The highest BCUT2D eigenvalue weighted by Crippen LogP contribution is 2.29. The van der Waals surface area contributed by atoms with Crippen molar-refractivity contribution in [2.45, 2.75) is 19.8 Å². The van der Waals surface area contributed by atoms with Crippen LogP contribution in [-0.2, 0) is 12.8 Å². The first-order chi connectivity index (χ1) is 9.24. The van der Waals surface area contributed by atoms with Gasteiger partial charge in [-0.25, -0.2) is 0 Å². The van der Waals surface area contributed by atoms with E-state index < -0.39 is 0 Å². The molecule has 0 amide bonds. The lowest BCUT2D eigenvalue weighted by Crippen LogP contribution is -2.44. The number of rotatable bonds is 5. The second-order valence-electron chi connectivity index (χ2n) is 4.95. The van der Waals surface area contributed by atoms with Gasteiger partial charge in [0.1, 0.15) is 5.75 Å². The van der Waals surface area contributed by atoms with E-state index in [0.717, 1.165) is 55.8 Å². The third kappa shape index (κ3) is 3.94. The Hall–Kier alpha value is -0.580. The third-order valence-electron chi connectivity index (χ3n) is 3.70. The van der Waals surface area contributed by atoms with Crippen molar-refractivity contribution in [3.05, 3.63) is 27.7 Å². The number of benzene rings is 1. The monoisotopic (exact) mass is 326 g/mol. The van der Waals surface area contributed by atoms with Crippen molar-refractivity contribution in [2.75, 3.05) is 39.8 Å². The lowest BCUT2D eigenvalue weighted by molar-refractivity contribution is 0.243. The van der Waals surface area contributed by atoms with Gasteiger partial charge in [0.25, 0.3) is 0 Å². The predicted octanol–water partition coefficient (Wildman–Crippen LogP) is 2.47. The molecule has 1 fully saturated rings. The van der Waals surface area contributed by atoms with E-state index in [1.807, 2.05) is 0 Å². The van der Waals surface area contributed by atoms with Gasteiger partial charge in [0.2, 0.25) is 0 Å². The Bertz CT molecular complexity index is 417. The molecule has 4 heteroatoms. The van der Waals surface area contributed by atoms with Gasteiger partial charge in [-0.2, -0.15) is 0 Å². The van der Waals surface area contributed by atoms with Crippen molar-refractivity contribution in [3.8, 4) is 5.75 Å². The maximum atomic E-state index is 5.61.